The number of hydrogen-bond donors (Lipinski definition) is 3. The van der Waals surface area contributed by atoms with Crippen LogP contribution in [0.2, 0.25) is 0 Å². The second kappa shape index (κ2) is 6.52. The maximum atomic E-state index is 11.0. The van der Waals surface area contributed by atoms with Gasteiger partial charge in [-0.3, -0.25) is 4.84 Å². The van der Waals surface area contributed by atoms with Gasteiger partial charge >= 0.3 is 12.0 Å². The average Bonchev–Trinajstić information content (AvgIpc) is 2.66. The van der Waals surface area contributed by atoms with Crippen molar-refractivity contribution in [1.29, 1.82) is 0 Å². The van der Waals surface area contributed by atoms with E-state index in [1.807, 2.05) is 17.2 Å². The summed E-state index contributed by atoms with van der Waals surface area (Å²) in [7, 11) is 0. The fourth-order valence-electron chi connectivity index (χ4n) is 1.21. The van der Waals surface area contributed by atoms with E-state index in [1.54, 1.807) is 0 Å². The van der Waals surface area contributed by atoms with Crippen molar-refractivity contribution in [2.75, 3.05) is 18.9 Å². The highest BCUT2D eigenvalue weighted by atomic mass is 32.2. The molecular weight excluding hydrogens is 220 g/mol. The van der Waals surface area contributed by atoms with Crippen molar-refractivity contribution in [2.45, 2.75) is 18.1 Å². The summed E-state index contributed by atoms with van der Waals surface area (Å²) < 4.78 is 0. The lowest BCUT2D eigenvalue weighted by Crippen LogP contribution is -2.39. The Morgan fingerprint density at radius 3 is 2.93 bits per heavy atom. The highest BCUT2D eigenvalue weighted by Crippen LogP contribution is 2.24. The van der Waals surface area contributed by atoms with Crippen molar-refractivity contribution in [3.8, 4) is 0 Å². The molecule has 1 rings (SSSR count). The molecule has 6 nitrogen and oxygen atoms in total. The molecule has 7 heteroatoms. The number of rotatable bonds is 5. The molecular formula is C8H14N2O4S. The fraction of sp³-hybridized carbons (Fsp3) is 0.750. The number of carbonyl (C=O) groups excluding carboxylic acids is 1. The monoisotopic (exact) mass is 234 g/mol. The van der Waals surface area contributed by atoms with Crippen molar-refractivity contribution in [2.24, 2.45) is 0 Å². The van der Waals surface area contributed by atoms with Crippen LogP contribution in [0, 0.1) is 0 Å². The van der Waals surface area contributed by atoms with Crippen molar-refractivity contribution in [3.63, 3.8) is 0 Å². The lowest BCUT2D eigenvalue weighted by Gasteiger charge is -2.10. The average molecular weight is 234 g/mol. The van der Waals surface area contributed by atoms with Crippen molar-refractivity contribution < 1.29 is 19.5 Å². The van der Waals surface area contributed by atoms with Gasteiger partial charge < -0.3 is 10.4 Å². The largest absolute Gasteiger partial charge is 0.479 e. The standard InChI is InChI=1S/C8H14N2O4S/c11-7(12)5-14-10-8(13)9-4-6-2-1-3-15-6/h6H,1-5H2,(H,11,12)(H2,9,10,13). The number of aliphatic carboxylic acids is 1. The first-order valence-electron chi connectivity index (χ1n) is 4.67. The second-order valence-corrected chi connectivity index (χ2v) is 4.54. The van der Waals surface area contributed by atoms with Crippen molar-refractivity contribution in [1.82, 2.24) is 10.8 Å². The quantitative estimate of drug-likeness (QED) is 0.591. The molecule has 0 aromatic rings. The van der Waals surface area contributed by atoms with E-state index in [2.05, 4.69) is 10.2 Å². The van der Waals surface area contributed by atoms with E-state index in [-0.39, 0.29) is 0 Å². The highest BCUT2D eigenvalue weighted by molar-refractivity contribution is 8.00. The Hall–Kier alpha value is -0.950. The molecule has 1 aliphatic rings. The molecule has 1 heterocycles. The normalized spacial score (nSPS) is 19.9. The summed E-state index contributed by atoms with van der Waals surface area (Å²) in [6.07, 6.45) is 2.30. The second-order valence-electron chi connectivity index (χ2n) is 3.13. The summed E-state index contributed by atoms with van der Waals surface area (Å²) in [6, 6.07) is -0.497. The minimum Gasteiger partial charge on any atom is -0.479 e. The first kappa shape index (κ1) is 12.1. The minimum atomic E-state index is -1.12. The van der Waals surface area contributed by atoms with E-state index >= 15 is 0 Å². The molecule has 0 saturated carbocycles. The minimum absolute atomic E-state index is 0.468. The zero-order valence-corrected chi connectivity index (χ0v) is 9.01. The van der Waals surface area contributed by atoms with Gasteiger partial charge in [-0.2, -0.15) is 11.8 Å². The van der Waals surface area contributed by atoms with Crippen LogP contribution < -0.4 is 10.8 Å². The van der Waals surface area contributed by atoms with Crippen LogP contribution in [0.3, 0.4) is 0 Å². The molecule has 1 fully saturated rings. The molecule has 2 amide bonds. The number of hydrogen-bond acceptors (Lipinski definition) is 4. The third-order valence-corrected chi connectivity index (χ3v) is 3.27. The third kappa shape index (κ3) is 5.48. The molecule has 0 aromatic carbocycles. The zero-order valence-electron chi connectivity index (χ0n) is 8.19. The molecule has 0 radical (unpaired) electrons. The van der Waals surface area contributed by atoms with E-state index in [1.165, 1.54) is 6.42 Å². The molecule has 0 aromatic heterocycles. The predicted octanol–water partition coefficient (Wildman–Crippen LogP) is 0.197. The zero-order chi connectivity index (χ0) is 11.1. The van der Waals surface area contributed by atoms with Crippen LogP contribution in [0.1, 0.15) is 12.8 Å². The predicted molar refractivity (Wildman–Crippen MR) is 55.6 cm³/mol. The lowest BCUT2D eigenvalue weighted by molar-refractivity contribution is -0.144. The van der Waals surface area contributed by atoms with Crippen LogP contribution in [0.5, 0.6) is 0 Å². The summed E-state index contributed by atoms with van der Waals surface area (Å²) >= 11 is 1.84. The van der Waals surface area contributed by atoms with E-state index in [4.69, 9.17) is 5.11 Å². The number of amides is 2. The molecule has 15 heavy (non-hydrogen) atoms. The molecule has 1 aliphatic heterocycles. The van der Waals surface area contributed by atoms with Crippen LogP contribution in [-0.2, 0) is 9.63 Å². The molecule has 0 aliphatic carbocycles. The summed E-state index contributed by atoms with van der Waals surface area (Å²) in [6.45, 7) is 0.0541. The van der Waals surface area contributed by atoms with E-state index < -0.39 is 18.6 Å². The number of hydroxylamine groups is 1. The maximum absolute atomic E-state index is 11.0. The Kier molecular flexibility index (Phi) is 5.27. The molecule has 0 bridgehead atoms. The van der Waals surface area contributed by atoms with E-state index in [0.29, 0.717) is 11.8 Å². The number of carboxylic acid groups (broad SMARTS) is 1. The van der Waals surface area contributed by atoms with Gasteiger partial charge in [0.1, 0.15) is 0 Å². The molecule has 86 valence electrons. The number of thioether (sulfide) groups is 1. The molecule has 3 N–H and O–H groups in total. The van der Waals surface area contributed by atoms with Crippen LogP contribution in [0.25, 0.3) is 0 Å². The molecule has 0 spiro atoms. The third-order valence-electron chi connectivity index (χ3n) is 1.87. The number of carboxylic acids is 1. The molecule has 1 unspecified atom stereocenters. The van der Waals surface area contributed by atoms with Gasteiger partial charge in [-0.15, -0.1) is 0 Å². The van der Waals surface area contributed by atoms with Gasteiger partial charge in [0.05, 0.1) is 0 Å². The smallest absolute Gasteiger partial charge is 0.338 e. The van der Waals surface area contributed by atoms with Gasteiger partial charge in [0, 0.05) is 11.8 Å². The van der Waals surface area contributed by atoms with Crippen LogP contribution in [-0.4, -0.2) is 41.3 Å². The summed E-state index contributed by atoms with van der Waals surface area (Å²) in [5.74, 6) is 0.0189. The first-order valence-corrected chi connectivity index (χ1v) is 5.72. The fourth-order valence-corrected chi connectivity index (χ4v) is 2.41. The summed E-state index contributed by atoms with van der Waals surface area (Å²) in [5, 5.41) is 11.3. The van der Waals surface area contributed by atoms with Gasteiger partial charge in [-0.25, -0.2) is 15.1 Å². The van der Waals surface area contributed by atoms with E-state index in [0.717, 1.165) is 12.2 Å². The highest BCUT2D eigenvalue weighted by Gasteiger charge is 2.16. The number of carbonyl (C=O) groups is 2. The lowest BCUT2D eigenvalue weighted by atomic mass is 10.2. The van der Waals surface area contributed by atoms with Crippen LogP contribution in [0.4, 0.5) is 4.79 Å². The van der Waals surface area contributed by atoms with Gasteiger partial charge in [0.25, 0.3) is 0 Å². The summed E-state index contributed by atoms with van der Waals surface area (Å²) in [4.78, 5) is 25.5. The number of nitrogens with one attached hydrogen (secondary N) is 2. The Balaban J connectivity index is 2.00. The number of urea groups is 1. The molecule has 1 saturated heterocycles. The van der Waals surface area contributed by atoms with Crippen LogP contribution in [0.15, 0.2) is 0 Å². The van der Waals surface area contributed by atoms with Crippen LogP contribution >= 0.6 is 11.8 Å². The van der Waals surface area contributed by atoms with Gasteiger partial charge in [0.15, 0.2) is 6.61 Å². The SMILES string of the molecule is O=C(O)CONC(=O)NCC1CCCS1. The Labute approximate surface area is 91.7 Å². The van der Waals surface area contributed by atoms with Gasteiger partial charge in [0.2, 0.25) is 0 Å². The molecule has 1 atom stereocenters. The first-order chi connectivity index (χ1) is 7.18. The van der Waals surface area contributed by atoms with E-state index in [9.17, 15) is 9.59 Å². The van der Waals surface area contributed by atoms with Crippen molar-refractivity contribution in [3.05, 3.63) is 0 Å². The van der Waals surface area contributed by atoms with Crippen molar-refractivity contribution >= 4 is 23.8 Å². The van der Waals surface area contributed by atoms with Gasteiger partial charge in [-0.05, 0) is 18.6 Å². The Morgan fingerprint density at radius 1 is 1.53 bits per heavy atom. The Morgan fingerprint density at radius 2 is 2.33 bits per heavy atom. The maximum Gasteiger partial charge on any atom is 0.338 e. The summed E-state index contributed by atoms with van der Waals surface area (Å²) in [5.41, 5.74) is 2.00. The van der Waals surface area contributed by atoms with Gasteiger partial charge in [-0.1, -0.05) is 0 Å². The Bertz CT molecular complexity index is 231. The topological polar surface area (TPSA) is 87.7 Å².